The first kappa shape index (κ1) is 12.4. The lowest BCUT2D eigenvalue weighted by molar-refractivity contribution is -0.119. The molecule has 2 rings (SSSR count). The molecular formula is C11H15BrN4O. The van der Waals surface area contributed by atoms with Gasteiger partial charge in [0.1, 0.15) is 4.60 Å². The molecule has 1 aliphatic heterocycles. The Labute approximate surface area is 109 Å². The van der Waals surface area contributed by atoms with E-state index in [4.69, 9.17) is 0 Å². The van der Waals surface area contributed by atoms with Crippen LogP contribution >= 0.6 is 15.9 Å². The van der Waals surface area contributed by atoms with Crippen molar-refractivity contribution in [2.24, 2.45) is 5.92 Å². The minimum absolute atomic E-state index is 0.0335. The highest BCUT2D eigenvalue weighted by Crippen LogP contribution is 2.17. The predicted molar refractivity (Wildman–Crippen MR) is 68.6 cm³/mol. The molecule has 1 saturated heterocycles. The molecule has 0 saturated carbocycles. The third-order valence-corrected chi connectivity index (χ3v) is 3.33. The Hall–Kier alpha value is -1.01. The second-order valence-electron chi connectivity index (χ2n) is 4.26. The fourth-order valence-electron chi connectivity index (χ4n) is 1.98. The number of anilines is 1. The average Bonchev–Trinajstić information content (AvgIpc) is 2.32. The number of hydrogen-bond donors (Lipinski definition) is 2. The minimum Gasteiger partial charge on any atom is -0.308 e. The maximum Gasteiger partial charge on any atom is 0.242 e. The van der Waals surface area contributed by atoms with Crippen molar-refractivity contribution in [3.63, 3.8) is 0 Å². The Kier molecular flexibility index (Phi) is 4.06. The van der Waals surface area contributed by atoms with Gasteiger partial charge in [-0.15, -0.1) is 0 Å². The molecule has 1 aromatic rings. The van der Waals surface area contributed by atoms with Crippen LogP contribution < -0.4 is 10.6 Å². The van der Waals surface area contributed by atoms with Gasteiger partial charge >= 0.3 is 0 Å². The lowest BCUT2D eigenvalue weighted by Crippen LogP contribution is -2.48. The number of aromatic nitrogens is 2. The Morgan fingerprint density at radius 3 is 3.00 bits per heavy atom. The van der Waals surface area contributed by atoms with Crippen molar-refractivity contribution in [3.05, 3.63) is 17.0 Å². The summed E-state index contributed by atoms with van der Waals surface area (Å²) in [5.41, 5.74) is 0. The van der Waals surface area contributed by atoms with Crippen LogP contribution in [-0.4, -0.2) is 28.5 Å². The standard InChI is InChI=1S/C11H15BrN4O/c1-7-3-2-4-13-10(7)11(17)16-9-6-14-8(12)5-15-9/h5-7,10,13H,2-4H2,1H3,(H,15,16,17). The number of halogens is 1. The maximum absolute atomic E-state index is 12.0. The smallest absolute Gasteiger partial charge is 0.242 e. The van der Waals surface area contributed by atoms with E-state index in [2.05, 4.69) is 43.5 Å². The molecule has 0 aromatic carbocycles. The number of rotatable bonds is 2. The fourth-order valence-corrected chi connectivity index (χ4v) is 2.19. The number of carbonyl (C=O) groups is 1. The van der Waals surface area contributed by atoms with Gasteiger partial charge in [-0.25, -0.2) is 9.97 Å². The Balaban J connectivity index is 1.98. The monoisotopic (exact) mass is 298 g/mol. The van der Waals surface area contributed by atoms with Gasteiger partial charge in [-0.1, -0.05) is 6.92 Å². The topological polar surface area (TPSA) is 66.9 Å². The molecular weight excluding hydrogens is 284 g/mol. The van der Waals surface area contributed by atoms with Crippen molar-refractivity contribution in [2.75, 3.05) is 11.9 Å². The molecule has 1 fully saturated rings. The van der Waals surface area contributed by atoms with E-state index in [1.807, 2.05) is 0 Å². The normalized spacial score (nSPS) is 24.4. The highest BCUT2D eigenvalue weighted by Gasteiger charge is 2.27. The Morgan fingerprint density at radius 2 is 2.35 bits per heavy atom. The molecule has 5 nitrogen and oxygen atoms in total. The summed E-state index contributed by atoms with van der Waals surface area (Å²) in [4.78, 5) is 20.1. The van der Waals surface area contributed by atoms with E-state index < -0.39 is 0 Å². The largest absolute Gasteiger partial charge is 0.308 e. The van der Waals surface area contributed by atoms with E-state index in [1.165, 1.54) is 6.20 Å². The van der Waals surface area contributed by atoms with Crippen molar-refractivity contribution < 1.29 is 4.79 Å². The summed E-state index contributed by atoms with van der Waals surface area (Å²) in [5.74, 6) is 0.804. The summed E-state index contributed by atoms with van der Waals surface area (Å²) >= 11 is 3.20. The molecule has 0 bridgehead atoms. The van der Waals surface area contributed by atoms with Gasteiger partial charge in [0.2, 0.25) is 5.91 Å². The van der Waals surface area contributed by atoms with Gasteiger partial charge in [-0.05, 0) is 41.2 Å². The van der Waals surface area contributed by atoms with E-state index >= 15 is 0 Å². The van der Waals surface area contributed by atoms with Crippen LogP contribution in [0.4, 0.5) is 5.82 Å². The highest BCUT2D eigenvalue weighted by atomic mass is 79.9. The zero-order valence-electron chi connectivity index (χ0n) is 9.61. The van der Waals surface area contributed by atoms with E-state index in [1.54, 1.807) is 6.20 Å². The fraction of sp³-hybridized carbons (Fsp3) is 0.545. The summed E-state index contributed by atoms with van der Waals surface area (Å²) < 4.78 is 0.652. The van der Waals surface area contributed by atoms with Crippen LogP contribution in [0.5, 0.6) is 0 Å². The number of hydrogen-bond acceptors (Lipinski definition) is 4. The van der Waals surface area contributed by atoms with E-state index in [0.29, 0.717) is 16.3 Å². The van der Waals surface area contributed by atoms with Gasteiger partial charge in [0, 0.05) is 0 Å². The number of nitrogens with zero attached hydrogens (tertiary/aromatic N) is 2. The second kappa shape index (κ2) is 5.55. The highest BCUT2D eigenvalue weighted by molar-refractivity contribution is 9.10. The summed E-state index contributed by atoms with van der Waals surface area (Å²) in [6, 6.07) is -0.130. The molecule has 2 unspecified atom stereocenters. The van der Waals surface area contributed by atoms with Crippen LogP contribution in [0, 0.1) is 5.92 Å². The third kappa shape index (κ3) is 3.23. The number of carbonyl (C=O) groups excluding carboxylic acids is 1. The first-order chi connectivity index (χ1) is 8.16. The van der Waals surface area contributed by atoms with Gasteiger partial charge < -0.3 is 10.6 Å². The molecule has 2 atom stereocenters. The van der Waals surface area contributed by atoms with Crippen molar-refractivity contribution in [1.29, 1.82) is 0 Å². The number of piperidine rings is 1. The molecule has 1 aromatic heterocycles. The number of nitrogens with one attached hydrogen (secondary N) is 2. The molecule has 0 aliphatic carbocycles. The molecule has 0 spiro atoms. The maximum atomic E-state index is 12.0. The van der Waals surface area contributed by atoms with Crippen molar-refractivity contribution in [2.45, 2.75) is 25.8 Å². The van der Waals surface area contributed by atoms with Gasteiger partial charge in [0.15, 0.2) is 5.82 Å². The van der Waals surface area contributed by atoms with E-state index in [9.17, 15) is 4.79 Å². The van der Waals surface area contributed by atoms with Crippen LogP contribution in [0.3, 0.4) is 0 Å². The molecule has 1 amide bonds. The van der Waals surface area contributed by atoms with Gasteiger partial charge in [0.05, 0.1) is 18.4 Å². The van der Waals surface area contributed by atoms with Crippen LogP contribution in [0.1, 0.15) is 19.8 Å². The average molecular weight is 299 g/mol. The third-order valence-electron chi connectivity index (χ3n) is 2.92. The zero-order chi connectivity index (χ0) is 12.3. The Bertz CT molecular complexity index is 395. The molecule has 0 radical (unpaired) electrons. The summed E-state index contributed by atoms with van der Waals surface area (Å²) in [6.07, 6.45) is 5.31. The quantitative estimate of drug-likeness (QED) is 0.870. The van der Waals surface area contributed by atoms with E-state index in [-0.39, 0.29) is 11.9 Å². The van der Waals surface area contributed by atoms with Gasteiger partial charge in [-0.3, -0.25) is 4.79 Å². The minimum atomic E-state index is -0.130. The molecule has 2 N–H and O–H groups in total. The summed E-state index contributed by atoms with van der Waals surface area (Å²) in [6.45, 7) is 2.98. The first-order valence-electron chi connectivity index (χ1n) is 5.68. The first-order valence-corrected chi connectivity index (χ1v) is 6.48. The Morgan fingerprint density at radius 1 is 1.53 bits per heavy atom. The predicted octanol–water partition coefficient (Wildman–Crippen LogP) is 1.57. The van der Waals surface area contributed by atoms with E-state index in [0.717, 1.165) is 19.4 Å². The molecule has 17 heavy (non-hydrogen) atoms. The second-order valence-corrected chi connectivity index (χ2v) is 5.08. The van der Waals surface area contributed by atoms with Crippen molar-refractivity contribution >= 4 is 27.7 Å². The van der Waals surface area contributed by atoms with Gasteiger partial charge in [-0.2, -0.15) is 0 Å². The lowest BCUT2D eigenvalue weighted by atomic mass is 9.92. The lowest BCUT2D eigenvalue weighted by Gasteiger charge is -2.28. The van der Waals surface area contributed by atoms with Crippen molar-refractivity contribution in [1.82, 2.24) is 15.3 Å². The van der Waals surface area contributed by atoms with Crippen LogP contribution in [-0.2, 0) is 4.79 Å². The molecule has 92 valence electrons. The van der Waals surface area contributed by atoms with Crippen LogP contribution in [0.25, 0.3) is 0 Å². The van der Waals surface area contributed by atoms with Gasteiger partial charge in [0.25, 0.3) is 0 Å². The SMILES string of the molecule is CC1CCCNC1C(=O)Nc1cnc(Br)cn1. The van der Waals surface area contributed by atoms with Crippen LogP contribution in [0.15, 0.2) is 17.0 Å². The molecule has 6 heteroatoms. The van der Waals surface area contributed by atoms with Crippen LogP contribution in [0.2, 0.25) is 0 Å². The summed E-state index contributed by atoms with van der Waals surface area (Å²) in [7, 11) is 0. The molecule has 1 aliphatic rings. The zero-order valence-corrected chi connectivity index (χ0v) is 11.2. The summed E-state index contributed by atoms with van der Waals surface area (Å²) in [5, 5.41) is 6.00. The van der Waals surface area contributed by atoms with Crippen molar-refractivity contribution in [3.8, 4) is 0 Å². The molecule has 2 heterocycles. The number of amides is 1.